The van der Waals surface area contributed by atoms with E-state index >= 15 is 0 Å². The molecule has 3 aliphatic heterocycles. The topological polar surface area (TPSA) is 70.8 Å². The fraction of sp³-hybridized carbons (Fsp3) is 0.923. The second-order valence-corrected chi connectivity index (χ2v) is 5.75. The zero-order chi connectivity index (χ0) is 12.9. The van der Waals surface area contributed by atoms with Crippen LogP contribution in [0, 0.1) is 5.41 Å². The molecule has 0 atom stereocenters. The summed E-state index contributed by atoms with van der Waals surface area (Å²) in [7, 11) is 0. The molecular formula is C13H21NO4. The molecule has 2 bridgehead atoms. The van der Waals surface area contributed by atoms with E-state index in [1.54, 1.807) is 0 Å². The molecule has 4 aliphatic rings. The fourth-order valence-electron chi connectivity index (χ4n) is 4.02. The molecule has 1 aliphatic carbocycles. The second kappa shape index (κ2) is 3.92. The van der Waals surface area contributed by atoms with Gasteiger partial charge in [0, 0.05) is 32.6 Å². The summed E-state index contributed by atoms with van der Waals surface area (Å²) in [5.74, 6) is -0.103. The molecular weight excluding hydrogens is 234 g/mol. The van der Waals surface area contributed by atoms with E-state index in [1.165, 1.54) is 0 Å². The van der Waals surface area contributed by atoms with Crippen LogP contribution in [0.25, 0.3) is 0 Å². The highest BCUT2D eigenvalue weighted by Crippen LogP contribution is 2.69. The van der Waals surface area contributed by atoms with Crippen molar-refractivity contribution in [3.8, 4) is 0 Å². The summed E-state index contributed by atoms with van der Waals surface area (Å²) in [5.41, 5.74) is 4.67. The van der Waals surface area contributed by atoms with Crippen molar-refractivity contribution in [2.24, 2.45) is 11.1 Å². The van der Waals surface area contributed by atoms with Crippen LogP contribution >= 0.6 is 0 Å². The van der Waals surface area contributed by atoms with Gasteiger partial charge in [-0.2, -0.15) is 0 Å². The van der Waals surface area contributed by atoms with Gasteiger partial charge in [0.1, 0.15) is 5.41 Å². The quantitative estimate of drug-likeness (QED) is 0.748. The van der Waals surface area contributed by atoms with Crippen LogP contribution < -0.4 is 5.73 Å². The Bertz CT molecular complexity index is 356. The summed E-state index contributed by atoms with van der Waals surface area (Å²) >= 11 is 0. The van der Waals surface area contributed by atoms with Crippen LogP contribution in [0.5, 0.6) is 0 Å². The average Bonchev–Trinajstić information content (AvgIpc) is 2.75. The molecule has 3 heterocycles. The molecule has 18 heavy (non-hydrogen) atoms. The minimum absolute atomic E-state index is 0.103. The number of hydrogen-bond acceptors (Lipinski definition) is 5. The van der Waals surface area contributed by atoms with E-state index in [0.29, 0.717) is 26.4 Å². The van der Waals surface area contributed by atoms with E-state index in [1.807, 2.05) is 6.92 Å². The van der Waals surface area contributed by atoms with Crippen molar-refractivity contribution in [2.45, 2.75) is 43.8 Å². The molecule has 1 spiro atoms. The van der Waals surface area contributed by atoms with Gasteiger partial charge in [0.15, 0.2) is 0 Å². The van der Waals surface area contributed by atoms with Gasteiger partial charge < -0.3 is 19.9 Å². The number of ether oxygens (including phenoxy) is 3. The molecule has 2 N–H and O–H groups in total. The van der Waals surface area contributed by atoms with Crippen LogP contribution in [0.4, 0.5) is 0 Å². The highest BCUT2D eigenvalue weighted by molar-refractivity contribution is 5.81. The van der Waals surface area contributed by atoms with Gasteiger partial charge in [0.25, 0.3) is 0 Å². The Hall–Kier alpha value is -0.650. The predicted octanol–water partition coefficient (Wildman–Crippen LogP) is 0.607. The first-order chi connectivity index (χ1) is 8.62. The minimum atomic E-state index is -0.466. The zero-order valence-corrected chi connectivity index (χ0v) is 10.9. The predicted molar refractivity (Wildman–Crippen MR) is 64.0 cm³/mol. The highest BCUT2D eigenvalue weighted by atomic mass is 16.6. The Morgan fingerprint density at radius 3 is 2.56 bits per heavy atom. The molecule has 0 radical (unpaired) electrons. The monoisotopic (exact) mass is 255 g/mol. The lowest BCUT2D eigenvalue weighted by Crippen LogP contribution is -2.58. The van der Waals surface area contributed by atoms with Crippen molar-refractivity contribution in [1.29, 1.82) is 0 Å². The standard InChI is InChI=1S/C13H21NO4/c1-2-17-10(15)12-7-11(8-12,9-14)18-13(12)3-5-16-6-4-13/h2-9,14H2,1H3. The van der Waals surface area contributed by atoms with Crippen LogP contribution in [0.15, 0.2) is 0 Å². The molecule has 5 heteroatoms. The summed E-state index contributed by atoms with van der Waals surface area (Å²) in [6.07, 6.45) is 2.98. The van der Waals surface area contributed by atoms with Crippen LogP contribution in [0.3, 0.4) is 0 Å². The molecule has 0 aromatic heterocycles. The Balaban J connectivity index is 1.90. The Labute approximate surface area is 107 Å². The first kappa shape index (κ1) is 12.4. The second-order valence-electron chi connectivity index (χ2n) is 5.75. The molecule has 102 valence electrons. The number of rotatable bonds is 3. The zero-order valence-electron chi connectivity index (χ0n) is 10.9. The first-order valence-electron chi connectivity index (χ1n) is 6.77. The van der Waals surface area contributed by atoms with Crippen molar-refractivity contribution < 1.29 is 19.0 Å². The van der Waals surface area contributed by atoms with Gasteiger partial charge in [-0.15, -0.1) is 0 Å². The molecule has 0 aromatic rings. The maximum Gasteiger partial charge on any atom is 0.315 e. The van der Waals surface area contributed by atoms with Gasteiger partial charge in [0.2, 0.25) is 0 Å². The van der Waals surface area contributed by atoms with Gasteiger partial charge in [-0.25, -0.2) is 0 Å². The summed E-state index contributed by atoms with van der Waals surface area (Å²) in [5, 5.41) is 0. The highest BCUT2D eigenvalue weighted by Gasteiger charge is 2.78. The van der Waals surface area contributed by atoms with Gasteiger partial charge in [-0.3, -0.25) is 4.79 Å². The third-order valence-corrected chi connectivity index (χ3v) is 4.87. The lowest BCUT2D eigenvalue weighted by atomic mass is 9.54. The molecule has 0 unspecified atom stereocenters. The van der Waals surface area contributed by atoms with E-state index < -0.39 is 11.0 Å². The average molecular weight is 255 g/mol. The van der Waals surface area contributed by atoms with Crippen molar-refractivity contribution in [3.63, 3.8) is 0 Å². The Morgan fingerprint density at radius 1 is 1.33 bits per heavy atom. The number of carbonyl (C=O) groups excluding carboxylic acids is 1. The van der Waals surface area contributed by atoms with Crippen molar-refractivity contribution in [1.82, 2.24) is 0 Å². The summed E-state index contributed by atoms with van der Waals surface area (Å²) in [4.78, 5) is 12.4. The minimum Gasteiger partial charge on any atom is -0.465 e. The molecule has 5 nitrogen and oxygen atoms in total. The van der Waals surface area contributed by atoms with Gasteiger partial charge in [0.05, 0.1) is 17.8 Å². The van der Waals surface area contributed by atoms with Crippen molar-refractivity contribution in [3.05, 3.63) is 0 Å². The largest absolute Gasteiger partial charge is 0.465 e. The Kier molecular flexibility index (Phi) is 2.70. The van der Waals surface area contributed by atoms with Crippen LogP contribution in [-0.4, -0.2) is 43.5 Å². The molecule has 1 saturated carbocycles. The van der Waals surface area contributed by atoms with E-state index in [4.69, 9.17) is 19.9 Å². The lowest BCUT2D eigenvalue weighted by Gasteiger charge is -2.46. The van der Waals surface area contributed by atoms with Crippen LogP contribution in [0.1, 0.15) is 32.6 Å². The van der Waals surface area contributed by atoms with Gasteiger partial charge >= 0.3 is 5.97 Å². The molecule has 3 saturated heterocycles. The van der Waals surface area contributed by atoms with E-state index in [-0.39, 0.29) is 11.6 Å². The van der Waals surface area contributed by atoms with Gasteiger partial charge in [-0.1, -0.05) is 0 Å². The van der Waals surface area contributed by atoms with Crippen LogP contribution in [-0.2, 0) is 19.0 Å². The van der Waals surface area contributed by atoms with Crippen LogP contribution in [0.2, 0.25) is 0 Å². The fourth-order valence-corrected chi connectivity index (χ4v) is 4.02. The maximum absolute atomic E-state index is 12.4. The third kappa shape index (κ3) is 1.35. The number of carbonyl (C=O) groups is 1. The normalized spacial score (nSPS) is 40.6. The SMILES string of the molecule is CCOC(=O)C12CC(CN)(C1)OC21CCOCC1. The van der Waals surface area contributed by atoms with Gasteiger partial charge in [-0.05, 0) is 19.8 Å². The third-order valence-electron chi connectivity index (χ3n) is 4.87. The number of nitrogens with two attached hydrogens (primary N) is 1. The molecule has 4 fully saturated rings. The summed E-state index contributed by atoms with van der Waals surface area (Å²) in [6.45, 7) is 4.05. The number of esters is 1. The van der Waals surface area contributed by atoms with E-state index in [9.17, 15) is 4.79 Å². The number of hydrogen-bond donors (Lipinski definition) is 1. The Morgan fingerprint density at radius 2 is 2.00 bits per heavy atom. The van der Waals surface area contributed by atoms with Crippen molar-refractivity contribution in [2.75, 3.05) is 26.4 Å². The van der Waals surface area contributed by atoms with E-state index in [2.05, 4.69) is 0 Å². The molecule has 4 rings (SSSR count). The lowest BCUT2D eigenvalue weighted by molar-refractivity contribution is -0.170. The first-order valence-corrected chi connectivity index (χ1v) is 6.77. The smallest absolute Gasteiger partial charge is 0.315 e. The maximum atomic E-state index is 12.4. The summed E-state index contributed by atoms with van der Waals surface area (Å²) < 4.78 is 17.0. The summed E-state index contributed by atoms with van der Waals surface area (Å²) in [6, 6.07) is 0. The van der Waals surface area contributed by atoms with E-state index in [0.717, 1.165) is 25.7 Å². The van der Waals surface area contributed by atoms with Crippen molar-refractivity contribution >= 4 is 5.97 Å². The molecule has 0 amide bonds. The molecule has 0 aromatic carbocycles.